The summed E-state index contributed by atoms with van der Waals surface area (Å²) < 4.78 is -0.967. The zero-order chi connectivity index (χ0) is 34.5. The summed E-state index contributed by atoms with van der Waals surface area (Å²) >= 11 is 1.11. The Kier molecular flexibility index (Phi) is 8.59. The molecule has 0 radical (unpaired) electrons. The molecule has 1 aromatic heterocycles. The van der Waals surface area contributed by atoms with E-state index in [2.05, 4.69) is 15.6 Å². The van der Waals surface area contributed by atoms with Crippen LogP contribution < -0.4 is 21.8 Å². The normalized spacial score (nSPS) is 20.8. The van der Waals surface area contributed by atoms with Crippen molar-refractivity contribution in [3.63, 3.8) is 0 Å². The fourth-order valence-corrected chi connectivity index (χ4v) is 7.45. The molecule has 3 heterocycles. The molecule has 0 aliphatic carbocycles. The van der Waals surface area contributed by atoms with Crippen molar-refractivity contribution >= 4 is 63.9 Å². The number of imide groups is 1. The number of carboxylic acid groups (broad SMARTS) is 1. The van der Waals surface area contributed by atoms with Gasteiger partial charge in [0.25, 0.3) is 17.7 Å². The number of aromatic hydroxyl groups is 1. The van der Waals surface area contributed by atoms with E-state index < -0.39 is 80.8 Å². The SMILES string of the molecule is CC(=O)NC(C)C(=O)Nc1ccc2c(=O)c(C(=O)N(C(=O)C(N)c3ccc(O)cc3)[C@@H]3C(=O)N4[C@@H]3SC(C)(C)[C@@H]4C(=O)O)c[nH]c2c1. The highest BCUT2D eigenvalue weighted by Crippen LogP contribution is 2.52. The van der Waals surface area contributed by atoms with Gasteiger partial charge in [-0.25, -0.2) is 4.79 Å². The van der Waals surface area contributed by atoms with Gasteiger partial charge >= 0.3 is 5.97 Å². The number of rotatable bonds is 8. The van der Waals surface area contributed by atoms with E-state index >= 15 is 0 Å². The number of nitrogens with one attached hydrogen (secondary N) is 3. The summed E-state index contributed by atoms with van der Waals surface area (Å²) in [6.07, 6.45) is 1.08. The minimum Gasteiger partial charge on any atom is -0.508 e. The largest absolute Gasteiger partial charge is 0.508 e. The molecule has 5 atom stereocenters. The van der Waals surface area contributed by atoms with E-state index in [9.17, 15) is 43.8 Å². The predicted octanol–water partition coefficient (Wildman–Crippen LogP) is 0.881. The summed E-state index contributed by atoms with van der Waals surface area (Å²) in [5.74, 6) is -5.16. The van der Waals surface area contributed by atoms with Crippen LogP contribution in [0.4, 0.5) is 5.69 Å². The third-order valence-electron chi connectivity index (χ3n) is 8.09. The molecule has 2 aliphatic heterocycles. The lowest BCUT2D eigenvalue weighted by Gasteiger charge is -2.47. The second-order valence-electron chi connectivity index (χ2n) is 11.8. The van der Waals surface area contributed by atoms with Crippen LogP contribution in [0.2, 0.25) is 0 Å². The highest BCUT2D eigenvalue weighted by Gasteiger charge is 2.66. The number of carboxylic acids is 1. The molecule has 0 saturated carbocycles. The zero-order valence-electron chi connectivity index (χ0n) is 25.6. The molecule has 2 fully saturated rings. The molecule has 3 aromatic rings. The molecule has 7 N–H and O–H groups in total. The Morgan fingerprint density at radius 3 is 2.36 bits per heavy atom. The second-order valence-corrected chi connectivity index (χ2v) is 13.6. The van der Waals surface area contributed by atoms with Crippen LogP contribution in [-0.2, 0) is 24.0 Å². The number of phenolic OH excluding ortho intramolecular Hbond substituents is 1. The number of nitrogens with two attached hydrogens (primary N) is 1. The van der Waals surface area contributed by atoms with Crippen LogP contribution in [0, 0.1) is 0 Å². The number of benzene rings is 2. The van der Waals surface area contributed by atoms with Gasteiger partial charge in [0.15, 0.2) is 0 Å². The Morgan fingerprint density at radius 1 is 1.09 bits per heavy atom. The van der Waals surface area contributed by atoms with Gasteiger partial charge in [-0.05, 0) is 56.7 Å². The molecule has 2 aliphatic rings. The van der Waals surface area contributed by atoms with Crippen LogP contribution in [0.3, 0.4) is 0 Å². The van der Waals surface area contributed by atoms with Gasteiger partial charge in [-0.1, -0.05) is 12.1 Å². The van der Waals surface area contributed by atoms with Gasteiger partial charge < -0.3 is 36.5 Å². The van der Waals surface area contributed by atoms with Crippen LogP contribution in [0.5, 0.6) is 5.75 Å². The maximum atomic E-state index is 14.2. The highest BCUT2D eigenvalue weighted by molar-refractivity contribution is 8.01. The average molecular weight is 665 g/mol. The molecule has 246 valence electrons. The Labute approximate surface area is 271 Å². The molecule has 5 amide bonds. The number of fused-ring (bicyclic) bond motifs is 2. The average Bonchev–Trinajstić information content (AvgIpc) is 3.26. The minimum absolute atomic E-state index is 0.0304. The Bertz CT molecular complexity index is 1890. The smallest absolute Gasteiger partial charge is 0.327 e. The van der Waals surface area contributed by atoms with Crippen molar-refractivity contribution in [2.24, 2.45) is 5.73 Å². The summed E-state index contributed by atoms with van der Waals surface area (Å²) in [5.41, 5.74) is 5.75. The van der Waals surface area contributed by atoms with Crippen molar-refractivity contribution < 1.29 is 39.0 Å². The van der Waals surface area contributed by atoms with Crippen LogP contribution in [-0.4, -0.2) is 88.7 Å². The van der Waals surface area contributed by atoms with E-state index in [0.717, 1.165) is 22.9 Å². The number of thioether (sulfide) groups is 1. The summed E-state index contributed by atoms with van der Waals surface area (Å²) in [6.45, 7) is 6.05. The van der Waals surface area contributed by atoms with Gasteiger partial charge in [0.05, 0.1) is 5.52 Å². The Morgan fingerprint density at radius 2 is 1.74 bits per heavy atom. The minimum atomic E-state index is -1.48. The maximum Gasteiger partial charge on any atom is 0.327 e. The summed E-state index contributed by atoms with van der Waals surface area (Å²) in [5, 5.41) is 23.7. The third-order valence-corrected chi connectivity index (χ3v) is 9.65. The van der Waals surface area contributed by atoms with Crippen molar-refractivity contribution in [1.82, 2.24) is 20.1 Å². The number of aromatic nitrogens is 1. The van der Waals surface area contributed by atoms with Crippen molar-refractivity contribution in [3.05, 3.63) is 70.0 Å². The number of phenols is 1. The van der Waals surface area contributed by atoms with Crippen LogP contribution in [0.15, 0.2) is 53.5 Å². The van der Waals surface area contributed by atoms with E-state index in [4.69, 9.17) is 5.73 Å². The summed E-state index contributed by atoms with van der Waals surface area (Å²) in [7, 11) is 0. The number of anilines is 1. The van der Waals surface area contributed by atoms with Gasteiger partial charge in [-0.15, -0.1) is 11.8 Å². The molecule has 0 bridgehead atoms. The lowest BCUT2D eigenvalue weighted by molar-refractivity contribution is -0.166. The number of aromatic amines is 1. The van der Waals surface area contributed by atoms with Gasteiger partial charge in [0.2, 0.25) is 17.2 Å². The maximum absolute atomic E-state index is 14.2. The quantitative estimate of drug-likeness (QED) is 0.185. The zero-order valence-corrected chi connectivity index (χ0v) is 26.5. The number of β-lactam (4-membered cyclic amide) rings is 1. The Hall–Kier alpha value is -5.22. The molecule has 2 aromatic carbocycles. The first-order valence-corrected chi connectivity index (χ1v) is 15.3. The molecule has 15 nitrogen and oxygen atoms in total. The van der Waals surface area contributed by atoms with Gasteiger partial charge in [-0.2, -0.15) is 0 Å². The summed E-state index contributed by atoms with van der Waals surface area (Å²) in [6, 6.07) is 4.57. The van der Waals surface area contributed by atoms with E-state index in [0.29, 0.717) is 10.6 Å². The fourth-order valence-electron chi connectivity index (χ4n) is 5.78. The third kappa shape index (κ3) is 5.92. The van der Waals surface area contributed by atoms with E-state index in [1.165, 1.54) is 56.3 Å². The molecular weight excluding hydrogens is 632 g/mol. The topological polar surface area (TPSA) is 232 Å². The van der Waals surface area contributed by atoms with Crippen LogP contribution >= 0.6 is 11.8 Å². The number of amides is 5. The standard InChI is InChI=1S/C31H32N6O9S/c1-13(34-14(2)38)25(41)35-16-7-10-18-20(11-16)33-12-19(23(18)40)26(42)36(27(43)21(32)15-5-8-17(39)9-6-15)22-28(44)37-24(30(45)46)31(3,4)47-29(22)37/h5-13,21-22,24,29,39H,32H2,1-4H3,(H,33,40)(H,34,38)(H,35,41)(H,45,46)/t13?,21?,22-,24+,29-/m1/s1. The van der Waals surface area contributed by atoms with E-state index in [1.807, 2.05) is 0 Å². The lowest BCUT2D eigenvalue weighted by Crippen LogP contribution is -2.72. The first-order valence-electron chi connectivity index (χ1n) is 14.4. The molecule has 47 heavy (non-hydrogen) atoms. The van der Waals surface area contributed by atoms with Gasteiger partial charge in [0, 0.05) is 28.9 Å². The van der Waals surface area contributed by atoms with Gasteiger partial charge in [-0.3, -0.25) is 33.7 Å². The first kappa shape index (κ1) is 33.2. The molecule has 16 heteroatoms. The molecule has 5 rings (SSSR count). The fraction of sp³-hybridized carbons (Fsp3) is 0.323. The van der Waals surface area contributed by atoms with Crippen molar-refractivity contribution in [1.29, 1.82) is 0 Å². The molecular formula is C31H32N6O9S. The van der Waals surface area contributed by atoms with Crippen molar-refractivity contribution in [2.75, 3.05) is 5.32 Å². The monoisotopic (exact) mass is 664 g/mol. The first-order chi connectivity index (χ1) is 22.0. The number of hydrogen-bond donors (Lipinski definition) is 6. The van der Waals surface area contributed by atoms with E-state index in [1.54, 1.807) is 13.8 Å². The second kappa shape index (κ2) is 12.2. The van der Waals surface area contributed by atoms with E-state index in [-0.39, 0.29) is 22.2 Å². The predicted molar refractivity (Wildman–Crippen MR) is 170 cm³/mol. The van der Waals surface area contributed by atoms with Crippen molar-refractivity contribution in [3.8, 4) is 5.75 Å². The number of aliphatic carboxylic acids is 1. The number of hydrogen-bond acceptors (Lipinski definition) is 10. The van der Waals surface area contributed by atoms with Crippen molar-refractivity contribution in [2.45, 2.75) is 62.0 Å². The highest BCUT2D eigenvalue weighted by atomic mass is 32.2. The van der Waals surface area contributed by atoms with Gasteiger partial charge in [0.1, 0.15) is 40.9 Å². The number of carbonyl (C=O) groups excluding carboxylic acids is 5. The number of pyridine rings is 1. The summed E-state index contributed by atoms with van der Waals surface area (Å²) in [4.78, 5) is 95.7. The number of nitrogens with zero attached hydrogens (tertiary/aromatic N) is 2. The lowest BCUT2D eigenvalue weighted by atomic mass is 9.94. The Balaban J connectivity index is 1.51. The number of carbonyl (C=O) groups is 6. The number of H-pyrrole nitrogens is 1. The molecule has 0 spiro atoms. The molecule has 2 unspecified atom stereocenters. The van der Waals surface area contributed by atoms with Crippen LogP contribution in [0.1, 0.15) is 49.7 Å². The van der Waals surface area contributed by atoms with Crippen LogP contribution in [0.25, 0.3) is 10.9 Å². The molecule has 2 saturated heterocycles.